The van der Waals surface area contributed by atoms with E-state index in [4.69, 9.17) is 5.11 Å². The van der Waals surface area contributed by atoms with Crippen molar-refractivity contribution < 1.29 is 160 Å². The molecule has 400 valence electrons. The third-order valence-corrected chi connectivity index (χ3v) is 9.92. The standard InChI is InChI=1S/C29H26F32N2O4/c1-9(4-5-62-12(64)65)6-14(2,3)15(63-13(66)67,7-16(34,35)20(42,43)24(50,51)28(58,59)26(54,55)22(46,47)18(38,39)10(30)31)8-17(36,37)21(44,45)25(52,53)29(60,61)27(56,57)23(48,49)19(40,41)11(32)33/h9-11,62-63H,4-8H2,1-3H3,(H,64,65)(H,66,67). The van der Waals surface area contributed by atoms with Crippen LogP contribution in [0.4, 0.5) is 150 Å². The zero-order chi connectivity index (χ0) is 54.8. The van der Waals surface area contributed by atoms with Crippen molar-refractivity contribution in [3.05, 3.63) is 0 Å². The minimum atomic E-state index is -9.32. The van der Waals surface area contributed by atoms with Gasteiger partial charge in [0, 0.05) is 19.4 Å². The number of amides is 2. The lowest BCUT2D eigenvalue weighted by molar-refractivity contribution is -0.450. The summed E-state index contributed by atoms with van der Waals surface area (Å²) in [7, 11) is 0. The first-order chi connectivity index (χ1) is 28.8. The van der Waals surface area contributed by atoms with Crippen molar-refractivity contribution in [1.29, 1.82) is 0 Å². The van der Waals surface area contributed by atoms with Gasteiger partial charge in [0.15, 0.2) is 0 Å². The summed E-state index contributed by atoms with van der Waals surface area (Å²) in [4.78, 5) is 22.4. The average Bonchev–Trinajstić information content (AvgIpc) is 3.09. The van der Waals surface area contributed by atoms with Crippen LogP contribution in [0.25, 0.3) is 0 Å². The Labute approximate surface area is 349 Å². The van der Waals surface area contributed by atoms with Crippen LogP contribution in [0, 0.1) is 11.3 Å². The monoisotopic (exact) mass is 1070 g/mol. The highest BCUT2D eigenvalue weighted by Gasteiger charge is 2.96. The van der Waals surface area contributed by atoms with Crippen LogP contribution in [0.2, 0.25) is 0 Å². The van der Waals surface area contributed by atoms with Crippen LogP contribution in [-0.2, 0) is 0 Å². The average molecular weight is 1070 g/mol. The molecule has 1 unspecified atom stereocenters. The highest BCUT2D eigenvalue weighted by Crippen LogP contribution is 2.67. The van der Waals surface area contributed by atoms with Gasteiger partial charge >= 0.3 is 108 Å². The molecule has 0 rings (SSSR count). The molecule has 0 aromatic heterocycles. The highest BCUT2D eigenvalue weighted by molar-refractivity contribution is 5.66. The molecule has 0 bridgehead atoms. The molecule has 0 aliphatic heterocycles. The smallest absolute Gasteiger partial charge is 0.405 e. The number of alkyl halides is 32. The summed E-state index contributed by atoms with van der Waals surface area (Å²) in [5.41, 5.74) is -9.55. The predicted octanol–water partition coefficient (Wildman–Crippen LogP) is 12.9. The Bertz CT molecular complexity index is 1650. The lowest BCUT2D eigenvalue weighted by atomic mass is 9.61. The van der Waals surface area contributed by atoms with Gasteiger partial charge in [-0.05, 0) is 24.2 Å². The van der Waals surface area contributed by atoms with Crippen molar-refractivity contribution >= 4 is 12.2 Å². The van der Waals surface area contributed by atoms with E-state index in [1.54, 1.807) is 0 Å². The second-order valence-corrected chi connectivity index (χ2v) is 15.1. The molecule has 6 nitrogen and oxygen atoms in total. The minimum Gasteiger partial charge on any atom is -0.465 e. The molecule has 1 atom stereocenters. The molecular formula is C29H26F32N2O4. The van der Waals surface area contributed by atoms with Gasteiger partial charge in [0.1, 0.15) is 0 Å². The van der Waals surface area contributed by atoms with Crippen molar-refractivity contribution in [2.45, 2.75) is 148 Å². The van der Waals surface area contributed by atoms with E-state index >= 15 is 35.1 Å². The minimum absolute atomic E-state index is 0.0380. The van der Waals surface area contributed by atoms with Crippen LogP contribution < -0.4 is 10.6 Å². The molecule has 0 heterocycles. The molecule has 0 fully saturated rings. The fourth-order valence-corrected chi connectivity index (χ4v) is 5.91. The number of hydrogen-bond donors (Lipinski definition) is 4. The topological polar surface area (TPSA) is 98.7 Å². The number of carbonyl (C=O) groups is 2. The van der Waals surface area contributed by atoms with Crippen LogP contribution in [0.3, 0.4) is 0 Å². The Morgan fingerprint density at radius 3 is 0.925 bits per heavy atom. The van der Waals surface area contributed by atoms with E-state index in [1.165, 1.54) is 5.32 Å². The van der Waals surface area contributed by atoms with E-state index in [2.05, 4.69) is 0 Å². The zero-order valence-corrected chi connectivity index (χ0v) is 32.1. The Hall–Kier alpha value is -3.70. The second kappa shape index (κ2) is 17.9. The summed E-state index contributed by atoms with van der Waals surface area (Å²) in [5, 5.41) is 19.3. The lowest BCUT2D eigenvalue weighted by Crippen LogP contribution is -2.75. The molecule has 2 amide bonds. The maximum absolute atomic E-state index is 15.6. The third-order valence-electron chi connectivity index (χ3n) is 9.92. The molecule has 0 saturated carbocycles. The van der Waals surface area contributed by atoms with Crippen molar-refractivity contribution in [3.8, 4) is 0 Å². The van der Waals surface area contributed by atoms with Gasteiger partial charge in [-0.1, -0.05) is 20.8 Å². The van der Waals surface area contributed by atoms with Gasteiger partial charge in [-0.2, -0.15) is 123 Å². The molecule has 67 heavy (non-hydrogen) atoms. The Morgan fingerprint density at radius 2 is 0.687 bits per heavy atom. The second-order valence-electron chi connectivity index (χ2n) is 15.1. The molecule has 0 spiro atoms. The van der Waals surface area contributed by atoms with Gasteiger partial charge < -0.3 is 20.8 Å². The summed E-state index contributed by atoms with van der Waals surface area (Å²) in [6.45, 7) is -1.03. The Morgan fingerprint density at radius 1 is 0.433 bits per heavy atom. The number of nitrogens with one attached hydrogen (secondary N) is 2. The SMILES string of the molecule is CC(CCNC(=O)O)CC(C)(C)C(CC(F)(F)C(F)(F)C(F)(F)C(F)(F)C(F)(F)C(F)(F)C(F)(F)C(F)F)(CC(F)(F)C(F)(F)C(F)(F)C(F)(F)C(F)(F)C(F)(F)C(F)(F)C(F)F)NC(=O)O. The van der Waals surface area contributed by atoms with E-state index in [0.717, 1.165) is 0 Å². The molecule has 4 N–H and O–H groups in total. The number of halogens is 32. The fraction of sp³-hybridized carbons (Fsp3) is 0.931. The molecular weight excluding hydrogens is 1050 g/mol. The third kappa shape index (κ3) is 9.64. The summed E-state index contributed by atoms with van der Waals surface area (Å²) < 4.78 is 452. The predicted molar refractivity (Wildman–Crippen MR) is 153 cm³/mol. The molecule has 0 saturated heterocycles. The van der Waals surface area contributed by atoms with Crippen molar-refractivity contribution in [3.63, 3.8) is 0 Å². The first-order valence-corrected chi connectivity index (χ1v) is 16.6. The van der Waals surface area contributed by atoms with E-state index in [9.17, 15) is 120 Å². The number of hydrogen-bond acceptors (Lipinski definition) is 2. The van der Waals surface area contributed by atoms with E-state index in [0.29, 0.717) is 6.92 Å². The van der Waals surface area contributed by atoms with Crippen LogP contribution in [0.1, 0.15) is 46.5 Å². The molecule has 0 aliphatic rings. The van der Waals surface area contributed by atoms with Crippen LogP contribution in [-0.4, -0.2) is 130 Å². The van der Waals surface area contributed by atoms with Crippen molar-refractivity contribution in [1.82, 2.24) is 10.6 Å². The largest absolute Gasteiger partial charge is 0.465 e. The summed E-state index contributed by atoms with van der Waals surface area (Å²) >= 11 is 0. The molecule has 0 aromatic carbocycles. The van der Waals surface area contributed by atoms with Gasteiger partial charge in [-0.25, -0.2) is 27.2 Å². The van der Waals surface area contributed by atoms with Gasteiger partial charge in [0.05, 0.1) is 5.54 Å². The van der Waals surface area contributed by atoms with E-state index in [1.807, 2.05) is 0 Å². The van der Waals surface area contributed by atoms with Gasteiger partial charge in [-0.3, -0.25) is 0 Å². The van der Waals surface area contributed by atoms with Gasteiger partial charge in [0.25, 0.3) is 0 Å². The molecule has 0 aromatic rings. The molecule has 0 radical (unpaired) electrons. The zero-order valence-electron chi connectivity index (χ0n) is 32.1. The van der Waals surface area contributed by atoms with Crippen LogP contribution in [0.15, 0.2) is 0 Å². The van der Waals surface area contributed by atoms with Crippen molar-refractivity contribution in [2.75, 3.05) is 6.54 Å². The van der Waals surface area contributed by atoms with E-state index in [-0.39, 0.29) is 19.2 Å². The summed E-state index contributed by atoms with van der Waals surface area (Å²) in [6.07, 6.45) is -30.5. The molecule has 0 aliphatic carbocycles. The Kier molecular flexibility index (Phi) is 16.9. The van der Waals surface area contributed by atoms with E-state index < -0.39 is 157 Å². The summed E-state index contributed by atoms with van der Waals surface area (Å²) in [5.74, 6) is -125. The quantitative estimate of drug-likeness (QED) is 0.0685. The fourth-order valence-electron chi connectivity index (χ4n) is 5.91. The van der Waals surface area contributed by atoms with Crippen LogP contribution in [0.5, 0.6) is 0 Å². The highest BCUT2D eigenvalue weighted by atomic mass is 19.4. The van der Waals surface area contributed by atoms with Gasteiger partial charge in [-0.15, -0.1) is 0 Å². The number of rotatable bonds is 25. The maximum atomic E-state index is 15.6. The number of carboxylic acid groups (broad SMARTS) is 2. The lowest BCUT2D eigenvalue weighted by Gasteiger charge is -2.52. The van der Waals surface area contributed by atoms with Gasteiger partial charge in [0.2, 0.25) is 0 Å². The first kappa shape index (κ1) is 63.3. The summed E-state index contributed by atoms with van der Waals surface area (Å²) in [6, 6.07) is 0. The molecule has 38 heteroatoms. The first-order valence-electron chi connectivity index (χ1n) is 16.6. The van der Waals surface area contributed by atoms with Crippen LogP contribution >= 0.6 is 0 Å². The maximum Gasteiger partial charge on any atom is 0.405 e. The normalized spacial score (nSPS) is 16.4. The Balaban J connectivity index is 8.55. The van der Waals surface area contributed by atoms with Crippen molar-refractivity contribution in [2.24, 2.45) is 11.3 Å².